The normalized spacial score (nSPS) is 21.2. The van der Waals surface area contributed by atoms with Gasteiger partial charge in [0.25, 0.3) is 0 Å². The number of thioether (sulfide) groups is 1. The molecule has 1 aliphatic heterocycles. The largest absolute Gasteiger partial charge is 0.474 e. The number of aromatic nitrogens is 1. The van der Waals surface area contributed by atoms with Crippen molar-refractivity contribution in [2.45, 2.75) is 69.4 Å². The molecular weight excluding hydrogens is 410 g/mol. The molecule has 2 aromatic rings. The zero-order valence-corrected chi connectivity index (χ0v) is 19.9. The molecule has 1 aromatic carbocycles. The van der Waals surface area contributed by atoms with Gasteiger partial charge in [-0.1, -0.05) is 18.2 Å². The second-order valence-electron chi connectivity index (χ2n) is 9.27. The van der Waals surface area contributed by atoms with Crippen LogP contribution in [0.4, 0.5) is 5.13 Å². The Balaban J connectivity index is 1.29. The molecule has 2 aliphatic rings. The monoisotopic (exact) mass is 443 g/mol. The number of ether oxygens (including phenoxy) is 1. The number of hydrogen-bond acceptors (Lipinski definition) is 6. The molecule has 0 radical (unpaired) electrons. The number of aryl methyl sites for hydroxylation is 1. The third kappa shape index (κ3) is 5.52. The number of hydrogen-bond donors (Lipinski definition) is 2. The average Bonchev–Trinajstić information content (AvgIpc) is 3.01. The predicted molar refractivity (Wildman–Crippen MR) is 129 cm³/mol. The molecule has 0 unspecified atom stereocenters. The van der Waals surface area contributed by atoms with Gasteiger partial charge in [-0.25, -0.2) is 4.98 Å². The van der Waals surface area contributed by atoms with Crippen LogP contribution in [0.5, 0.6) is 0 Å². The minimum Gasteiger partial charge on any atom is -0.474 e. The van der Waals surface area contributed by atoms with Crippen LogP contribution in [-0.4, -0.2) is 28.9 Å². The summed E-state index contributed by atoms with van der Waals surface area (Å²) in [5, 5.41) is 8.21. The SMILES string of the molecule is C=C(NCC1CCC(Nc2nc3c(s2)CCSc2ccccc2-3)CC1)OC(C)(C)C. The van der Waals surface area contributed by atoms with Gasteiger partial charge in [0.15, 0.2) is 11.0 Å². The highest BCUT2D eigenvalue weighted by molar-refractivity contribution is 7.99. The molecule has 6 heteroatoms. The highest BCUT2D eigenvalue weighted by Gasteiger charge is 2.24. The topological polar surface area (TPSA) is 46.2 Å². The van der Waals surface area contributed by atoms with Gasteiger partial charge in [0.05, 0.1) is 5.69 Å². The van der Waals surface area contributed by atoms with Gasteiger partial charge in [0, 0.05) is 33.7 Å². The molecule has 4 nitrogen and oxygen atoms in total. The van der Waals surface area contributed by atoms with Crippen molar-refractivity contribution in [1.82, 2.24) is 10.3 Å². The van der Waals surface area contributed by atoms with E-state index in [0.717, 1.165) is 23.8 Å². The van der Waals surface area contributed by atoms with Crippen LogP contribution in [0.15, 0.2) is 41.6 Å². The summed E-state index contributed by atoms with van der Waals surface area (Å²) < 4.78 is 5.78. The van der Waals surface area contributed by atoms with E-state index in [1.165, 1.54) is 46.7 Å². The molecule has 2 heterocycles. The highest BCUT2D eigenvalue weighted by atomic mass is 32.2. The number of rotatable bonds is 6. The third-order valence-electron chi connectivity index (χ3n) is 5.62. The lowest BCUT2D eigenvalue weighted by Gasteiger charge is -2.30. The average molecular weight is 444 g/mol. The van der Waals surface area contributed by atoms with Crippen molar-refractivity contribution in [3.63, 3.8) is 0 Å². The first kappa shape index (κ1) is 21.6. The van der Waals surface area contributed by atoms with Crippen molar-refractivity contribution >= 4 is 28.2 Å². The number of fused-ring (bicyclic) bond motifs is 3. The number of nitrogens with one attached hydrogen (secondary N) is 2. The molecule has 4 rings (SSSR count). The molecule has 1 fully saturated rings. The number of anilines is 1. The molecule has 162 valence electrons. The third-order valence-corrected chi connectivity index (χ3v) is 7.74. The summed E-state index contributed by atoms with van der Waals surface area (Å²) in [7, 11) is 0. The number of benzene rings is 1. The lowest BCUT2D eigenvalue weighted by atomic mass is 9.86. The minimum absolute atomic E-state index is 0.198. The summed E-state index contributed by atoms with van der Waals surface area (Å²) in [6.07, 6.45) is 5.92. The molecule has 2 N–H and O–H groups in total. The van der Waals surface area contributed by atoms with Gasteiger partial charge < -0.3 is 15.4 Å². The molecule has 1 aliphatic carbocycles. The van der Waals surface area contributed by atoms with Crippen LogP contribution < -0.4 is 10.6 Å². The lowest BCUT2D eigenvalue weighted by Crippen LogP contribution is -2.32. The molecule has 0 bridgehead atoms. The zero-order valence-electron chi connectivity index (χ0n) is 18.3. The number of thiazole rings is 1. The van der Waals surface area contributed by atoms with Crippen LogP contribution in [0.25, 0.3) is 11.3 Å². The maximum absolute atomic E-state index is 5.78. The van der Waals surface area contributed by atoms with E-state index in [4.69, 9.17) is 9.72 Å². The zero-order chi connectivity index (χ0) is 21.1. The van der Waals surface area contributed by atoms with Gasteiger partial charge in [-0.05, 0) is 71.4 Å². The summed E-state index contributed by atoms with van der Waals surface area (Å²) in [5.74, 6) is 2.50. The van der Waals surface area contributed by atoms with Crippen LogP contribution in [0, 0.1) is 5.92 Å². The Morgan fingerprint density at radius 3 is 2.73 bits per heavy atom. The molecule has 1 saturated carbocycles. The molecule has 0 spiro atoms. The molecule has 1 aromatic heterocycles. The fourth-order valence-corrected chi connectivity index (χ4v) is 6.39. The molecule has 0 amide bonds. The summed E-state index contributed by atoms with van der Waals surface area (Å²) in [4.78, 5) is 7.79. The predicted octanol–water partition coefficient (Wildman–Crippen LogP) is 6.30. The van der Waals surface area contributed by atoms with Crippen LogP contribution >= 0.6 is 23.1 Å². The van der Waals surface area contributed by atoms with Crippen LogP contribution in [0.1, 0.15) is 51.3 Å². The molecule has 0 saturated heterocycles. The van der Waals surface area contributed by atoms with E-state index in [2.05, 4.69) is 41.5 Å². The van der Waals surface area contributed by atoms with Crippen molar-refractivity contribution in [1.29, 1.82) is 0 Å². The second-order valence-corrected chi connectivity index (χ2v) is 11.5. The minimum atomic E-state index is -0.198. The van der Waals surface area contributed by atoms with E-state index < -0.39 is 0 Å². The van der Waals surface area contributed by atoms with Crippen LogP contribution in [0.3, 0.4) is 0 Å². The van der Waals surface area contributed by atoms with Crippen molar-refractivity contribution in [3.05, 3.63) is 41.6 Å². The first-order valence-electron chi connectivity index (χ1n) is 11.0. The van der Waals surface area contributed by atoms with Crippen molar-refractivity contribution < 1.29 is 4.74 Å². The van der Waals surface area contributed by atoms with Crippen molar-refractivity contribution in [3.8, 4) is 11.3 Å². The first-order chi connectivity index (χ1) is 14.4. The Hall–Kier alpha value is -1.66. The Labute approximate surface area is 188 Å². The number of nitrogens with zero attached hydrogens (tertiary/aromatic N) is 1. The van der Waals surface area contributed by atoms with E-state index in [1.807, 2.05) is 43.9 Å². The summed E-state index contributed by atoms with van der Waals surface area (Å²) in [6.45, 7) is 11.1. The lowest BCUT2D eigenvalue weighted by molar-refractivity contribution is 0.0400. The molecular formula is C24H33N3OS2. The standard InChI is InChI=1S/C24H33N3OS2/c1-16(28-24(2,3)4)25-15-17-9-11-18(12-10-17)26-23-27-22-19-7-5-6-8-20(19)29-14-13-21(22)30-23/h5-8,17-18,25H,1,9-15H2,2-4H3,(H,26,27). The van der Waals surface area contributed by atoms with E-state index in [1.54, 1.807) is 0 Å². The van der Waals surface area contributed by atoms with E-state index in [-0.39, 0.29) is 5.60 Å². The van der Waals surface area contributed by atoms with Crippen molar-refractivity contribution in [2.24, 2.45) is 5.92 Å². The maximum atomic E-state index is 5.78. The quantitative estimate of drug-likeness (QED) is 0.513. The van der Waals surface area contributed by atoms with E-state index >= 15 is 0 Å². The van der Waals surface area contributed by atoms with E-state index in [9.17, 15) is 0 Å². The Bertz CT molecular complexity index is 879. The van der Waals surface area contributed by atoms with E-state index in [0.29, 0.717) is 17.8 Å². The molecule has 30 heavy (non-hydrogen) atoms. The van der Waals surface area contributed by atoms with Crippen LogP contribution in [-0.2, 0) is 11.2 Å². The Morgan fingerprint density at radius 2 is 1.97 bits per heavy atom. The summed E-state index contributed by atoms with van der Waals surface area (Å²) >= 11 is 3.80. The summed E-state index contributed by atoms with van der Waals surface area (Å²) in [6, 6.07) is 9.20. The van der Waals surface area contributed by atoms with Gasteiger partial charge in [0.2, 0.25) is 0 Å². The Morgan fingerprint density at radius 1 is 1.20 bits per heavy atom. The summed E-state index contributed by atoms with van der Waals surface area (Å²) in [5.41, 5.74) is 2.29. The van der Waals surface area contributed by atoms with Gasteiger partial charge in [-0.2, -0.15) is 0 Å². The first-order valence-corrected chi connectivity index (χ1v) is 12.8. The fourth-order valence-electron chi connectivity index (χ4n) is 4.18. The van der Waals surface area contributed by atoms with Gasteiger partial charge in [-0.15, -0.1) is 23.1 Å². The molecule has 0 atom stereocenters. The Kier molecular flexibility index (Phi) is 6.63. The van der Waals surface area contributed by atoms with Gasteiger partial charge in [-0.3, -0.25) is 0 Å². The maximum Gasteiger partial charge on any atom is 0.183 e. The van der Waals surface area contributed by atoms with Gasteiger partial charge in [0.1, 0.15) is 5.60 Å². The second kappa shape index (κ2) is 9.23. The van der Waals surface area contributed by atoms with Crippen LogP contribution in [0.2, 0.25) is 0 Å². The smallest absolute Gasteiger partial charge is 0.183 e. The fraction of sp³-hybridized carbons (Fsp3) is 0.542. The van der Waals surface area contributed by atoms with Gasteiger partial charge >= 0.3 is 0 Å². The highest BCUT2D eigenvalue weighted by Crippen LogP contribution is 2.41. The van der Waals surface area contributed by atoms with Crippen molar-refractivity contribution in [2.75, 3.05) is 17.6 Å².